The van der Waals surface area contributed by atoms with E-state index in [1.807, 2.05) is 6.20 Å². The van der Waals surface area contributed by atoms with Crippen molar-refractivity contribution in [2.75, 3.05) is 6.54 Å². The summed E-state index contributed by atoms with van der Waals surface area (Å²) >= 11 is 0. The Bertz CT molecular complexity index is 311. The first kappa shape index (κ1) is 11.6. The van der Waals surface area contributed by atoms with Crippen molar-refractivity contribution in [2.24, 2.45) is 0 Å². The number of hydrogen-bond donors (Lipinski definition) is 2. The molecule has 0 aliphatic heterocycles. The summed E-state index contributed by atoms with van der Waals surface area (Å²) in [6.07, 6.45) is 8.49. The monoisotopic (exact) mass is 221 g/mol. The molecular formula is C13H23N3. The van der Waals surface area contributed by atoms with Crippen LogP contribution in [0.2, 0.25) is 0 Å². The standard InChI is InChI=1S/C13H23N3/c1-10(2)14-8-7-13-15-9-12(16-13)11-5-3-4-6-11/h9-11,14H,3-8H2,1-2H3,(H,15,16). The highest BCUT2D eigenvalue weighted by molar-refractivity contribution is 5.09. The minimum atomic E-state index is 0.560. The molecule has 2 rings (SSSR count). The zero-order chi connectivity index (χ0) is 11.4. The van der Waals surface area contributed by atoms with Crippen LogP contribution in [-0.2, 0) is 6.42 Å². The molecule has 0 amide bonds. The van der Waals surface area contributed by atoms with Crippen molar-refractivity contribution >= 4 is 0 Å². The van der Waals surface area contributed by atoms with E-state index in [4.69, 9.17) is 0 Å². The lowest BCUT2D eigenvalue weighted by Gasteiger charge is -2.06. The highest BCUT2D eigenvalue weighted by Crippen LogP contribution is 2.32. The van der Waals surface area contributed by atoms with E-state index in [1.54, 1.807) is 0 Å². The largest absolute Gasteiger partial charge is 0.346 e. The van der Waals surface area contributed by atoms with Crippen molar-refractivity contribution < 1.29 is 0 Å². The maximum Gasteiger partial charge on any atom is 0.107 e. The van der Waals surface area contributed by atoms with E-state index in [9.17, 15) is 0 Å². The lowest BCUT2D eigenvalue weighted by atomic mass is 10.1. The summed E-state index contributed by atoms with van der Waals surface area (Å²) in [5.74, 6) is 1.88. The Balaban J connectivity index is 1.82. The van der Waals surface area contributed by atoms with Gasteiger partial charge in [0.2, 0.25) is 0 Å². The SMILES string of the molecule is CC(C)NCCc1ncc(C2CCCC2)[nH]1. The first-order valence-corrected chi connectivity index (χ1v) is 6.53. The van der Waals surface area contributed by atoms with Crippen molar-refractivity contribution in [3.8, 4) is 0 Å². The Labute approximate surface area is 98.1 Å². The Hall–Kier alpha value is -0.830. The smallest absolute Gasteiger partial charge is 0.107 e. The highest BCUT2D eigenvalue weighted by atomic mass is 14.9. The number of hydrogen-bond acceptors (Lipinski definition) is 2. The minimum Gasteiger partial charge on any atom is -0.346 e. The van der Waals surface area contributed by atoms with Crippen molar-refractivity contribution in [3.63, 3.8) is 0 Å². The van der Waals surface area contributed by atoms with Crippen LogP contribution in [0.25, 0.3) is 0 Å². The van der Waals surface area contributed by atoms with Crippen molar-refractivity contribution in [3.05, 3.63) is 17.7 Å². The molecule has 1 aromatic rings. The number of H-pyrrole nitrogens is 1. The second kappa shape index (κ2) is 5.48. The lowest BCUT2D eigenvalue weighted by molar-refractivity contribution is 0.583. The Morgan fingerprint density at radius 2 is 2.19 bits per heavy atom. The first-order chi connectivity index (χ1) is 7.75. The van der Waals surface area contributed by atoms with Crippen LogP contribution >= 0.6 is 0 Å². The second-order valence-electron chi connectivity index (χ2n) is 5.13. The summed E-state index contributed by atoms with van der Waals surface area (Å²) < 4.78 is 0. The van der Waals surface area contributed by atoms with Gasteiger partial charge >= 0.3 is 0 Å². The maximum atomic E-state index is 4.46. The van der Waals surface area contributed by atoms with Crippen LogP contribution in [0.5, 0.6) is 0 Å². The van der Waals surface area contributed by atoms with E-state index >= 15 is 0 Å². The summed E-state index contributed by atoms with van der Waals surface area (Å²) in [5.41, 5.74) is 1.36. The molecule has 0 bridgehead atoms. The molecular weight excluding hydrogens is 198 g/mol. The highest BCUT2D eigenvalue weighted by Gasteiger charge is 2.18. The molecule has 3 nitrogen and oxygen atoms in total. The molecule has 0 atom stereocenters. The van der Waals surface area contributed by atoms with Gasteiger partial charge in [-0.3, -0.25) is 0 Å². The third-order valence-electron chi connectivity index (χ3n) is 3.36. The van der Waals surface area contributed by atoms with E-state index in [-0.39, 0.29) is 0 Å². The Kier molecular flexibility index (Phi) is 3.99. The van der Waals surface area contributed by atoms with E-state index in [0.29, 0.717) is 6.04 Å². The summed E-state index contributed by atoms with van der Waals surface area (Å²) in [5, 5.41) is 3.41. The third-order valence-corrected chi connectivity index (χ3v) is 3.36. The average Bonchev–Trinajstić information content (AvgIpc) is 2.85. The van der Waals surface area contributed by atoms with Crippen molar-refractivity contribution in [1.82, 2.24) is 15.3 Å². The topological polar surface area (TPSA) is 40.7 Å². The van der Waals surface area contributed by atoms with Gasteiger partial charge in [0.15, 0.2) is 0 Å². The van der Waals surface area contributed by atoms with Gasteiger partial charge in [0, 0.05) is 36.8 Å². The van der Waals surface area contributed by atoms with Crippen LogP contribution in [0, 0.1) is 0 Å². The molecule has 0 aromatic carbocycles. The van der Waals surface area contributed by atoms with E-state index in [1.165, 1.54) is 31.4 Å². The molecule has 90 valence electrons. The van der Waals surface area contributed by atoms with Gasteiger partial charge in [0.05, 0.1) is 0 Å². The zero-order valence-electron chi connectivity index (χ0n) is 10.4. The maximum absolute atomic E-state index is 4.46. The number of aromatic amines is 1. The van der Waals surface area contributed by atoms with Gasteiger partial charge in [-0.1, -0.05) is 26.7 Å². The van der Waals surface area contributed by atoms with Crippen LogP contribution in [0.4, 0.5) is 0 Å². The first-order valence-electron chi connectivity index (χ1n) is 6.53. The molecule has 1 heterocycles. The van der Waals surface area contributed by atoms with E-state index < -0.39 is 0 Å². The van der Waals surface area contributed by atoms with Gasteiger partial charge in [0.1, 0.15) is 5.82 Å². The Morgan fingerprint density at radius 3 is 2.88 bits per heavy atom. The molecule has 1 fully saturated rings. The van der Waals surface area contributed by atoms with Crippen molar-refractivity contribution in [2.45, 2.75) is 57.9 Å². The average molecular weight is 221 g/mol. The number of aromatic nitrogens is 2. The van der Waals surface area contributed by atoms with Gasteiger partial charge in [-0.25, -0.2) is 4.98 Å². The van der Waals surface area contributed by atoms with Gasteiger partial charge in [-0.05, 0) is 12.8 Å². The summed E-state index contributed by atoms with van der Waals surface area (Å²) in [7, 11) is 0. The molecule has 1 saturated carbocycles. The molecule has 0 saturated heterocycles. The molecule has 2 N–H and O–H groups in total. The summed E-state index contributed by atoms with van der Waals surface area (Å²) in [4.78, 5) is 7.94. The fourth-order valence-corrected chi connectivity index (χ4v) is 2.43. The lowest BCUT2D eigenvalue weighted by Crippen LogP contribution is -2.25. The molecule has 0 unspecified atom stereocenters. The molecule has 1 aromatic heterocycles. The van der Waals surface area contributed by atoms with Gasteiger partial charge in [0.25, 0.3) is 0 Å². The quantitative estimate of drug-likeness (QED) is 0.802. The molecule has 3 heteroatoms. The number of nitrogens with one attached hydrogen (secondary N) is 2. The molecule has 16 heavy (non-hydrogen) atoms. The molecule has 1 aliphatic carbocycles. The molecule has 0 radical (unpaired) electrons. The third kappa shape index (κ3) is 3.08. The summed E-state index contributed by atoms with van der Waals surface area (Å²) in [6, 6.07) is 0.560. The van der Waals surface area contributed by atoms with Crippen molar-refractivity contribution in [1.29, 1.82) is 0 Å². The van der Waals surface area contributed by atoms with E-state index in [2.05, 4.69) is 29.1 Å². The number of nitrogens with zero attached hydrogens (tertiary/aromatic N) is 1. The predicted molar refractivity (Wildman–Crippen MR) is 66.6 cm³/mol. The van der Waals surface area contributed by atoms with Crippen LogP contribution in [0.15, 0.2) is 6.20 Å². The van der Waals surface area contributed by atoms with Crippen LogP contribution in [0.3, 0.4) is 0 Å². The zero-order valence-corrected chi connectivity index (χ0v) is 10.4. The minimum absolute atomic E-state index is 0.560. The van der Waals surface area contributed by atoms with Gasteiger partial charge in [-0.15, -0.1) is 0 Å². The number of imidazole rings is 1. The molecule has 1 aliphatic rings. The van der Waals surface area contributed by atoms with Gasteiger partial charge in [-0.2, -0.15) is 0 Å². The predicted octanol–water partition coefficient (Wildman–Crippen LogP) is 2.61. The fourth-order valence-electron chi connectivity index (χ4n) is 2.43. The fraction of sp³-hybridized carbons (Fsp3) is 0.769. The number of rotatable bonds is 5. The second-order valence-corrected chi connectivity index (χ2v) is 5.13. The van der Waals surface area contributed by atoms with Crippen LogP contribution < -0.4 is 5.32 Å². The normalized spacial score (nSPS) is 17.4. The molecule has 0 spiro atoms. The Morgan fingerprint density at radius 1 is 1.44 bits per heavy atom. The van der Waals surface area contributed by atoms with Crippen LogP contribution in [0.1, 0.15) is 57.0 Å². The summed E-state index contributed by atoms with van der Waals surface area (Å²) in [6.45, 7) is 5.35. The van der Waals surface area contributed by atoms with Gasteiger partial charge < -0.3 is 10.3 Å². The van der Waals surface area contributed by atoms with E-state index in [0.717, 1.165) is 24.7 Å². The van der Waals surface area contributed by atoms with Crippen LogP contribution in [-0.4, -0.2) is 22.6 Å².